The third-order valence-electron chi connectivity index (χ3n) is 5.28. The normalized spacial score (nSPS) is 17.6. The molecule has 0 saturated heterocycles. The van der Waals surface area contributed by atoms with Crippen molar-refractivity contribution in [3.8, 4) is 17.2 Å². The van der Waals surface area contributed by atoms with Gasteiger partial charge in [0, 0.05) is 17.8 Å². The lowest BCUT2D eigenvalue weighted by molar-refractivity contribution is -0.348. The number of benzene rings is 2. The quantitative estimate of drug-likeness (QED) is 0.710. The van der Waals surface area contributed by atoms with Gasteiger partial charge in [0.05, 0.1) is 27.9 Å². The first-order chi connectivity index (χ1) is 14.5. The first kappa shape index (κ1) is 19.6. The molecule has 1 unspecified atom stereocenters. The van der Waals surface area contributed by atoms with Gasteiger partial charge in [-0.05, 0) is 31.2 Å². The van der Waals surface area contributed by atoms with E-state index in [0.717, 1.165) is 0 Å². The van der Waals surface area contributed by atoms with Crippen LogP contribution in [0.1, 0.15) is 12.5 Å². The first-order valence-corrected chi connectivity index (χ1v) is 9.51. The van der Waals surface area contributed by atoms with Gasteiger partial charge in [0.25, 0.3) is 0 Å². The molecular formula is C22H22N3O5+. The lowest BCUT2D eigenvalue weighted by atomic mass is 9.90. The maximum absolute atomic E-state index is 13.4. The van der Waals surface area contributed by atoms with Crippen molar-refractivity contribution in [2.75, 3.05) is 27.9 Å². The molecule has 0 aliphatic carbocycles. The van der Waals surface area contributed by atoms with Crippen LogP contribution in [0.5, 0.6) is 17.2 Å². The molecule has 4 rings (SSSR count). The minimum Gasteiger partial charge on any atom is -0.494 e. The average molecular weight is 408 g/mol. The van der Waals surface area contributed by atoms with Gasteiger partial charge >= 0.3 is 11.9 Å². The second kappa shape index (κ2) is 7.62. The average Bonchev–Trinajstić information content (AvgIpc) is 2.78. The summed E-state index contributed by atoms with van der Waals surface area (Å²) in [5.41, 5.74) is 2.37. The molecule has 2 aliphatic heterocycles. The minimum atomic E-state index is -0.685. The number of hydrogen-bond donors (Lipinski definition) is 0. The maximum Gasteiger partial charge on any atom is 0.506 e. The molecule has 0 N–H and O–H groups in total. The standard InChI is InChI=1S/C22H22N3O5/c1-5-24-21(26)15-12-23-19-14(7-6-8-17(19)29-3)20(15)25(22(24)27)13-9-10-16(28-2)18(11-13)30-4/h6-12,15H,5H2,1-4H3/q+1. The molecule has 8 nitrogen and oxygen atoms in total. The fourth-order valence-electron chi connectivity index (χ4n) is 3.84. The van der Waals surface area contributed by atoms with E-state index in [1.807, 2.05) is 12.1 Å². The lowest BCUT2D eigenvalue weighted by Crippen LogP contribution is -2.54. The van der Waals surface area contributed by atoms with Gasteiger partial charge in [0.15, 0.2) is 17.4 Å². The summed E-state index contributed by atoms with van der Waals surface area (Å²) in [6.45, 7) is 2.02. The van der Waals surface area contributed by atoms with E-state index in [1.165, 1.54) is 12.0 Å². The van der Waals surface area contributed by atoms with Gasteiger partial charge in [-0.15, -0.1) is 0 Å². The zero-order valence-electron chi connectivity index (χ0n) is 17.2. The number of methoxy groups -OCH3 is 3. The Morgan fingerprint density at radius 3 is 2.40 bits per heavy atom. The Morgan fingerprint density at radius 2 is 1.73 bits per heavy atom. The Kier molecular flexibility index (Phi) is 4.99. The molecule has 2 aliphatic rings. The molecule has 8 heteroatoms. The van der Waals surface area contributed by atoms with E-state index in [9.17, 15) is 9.59 Å². The van der Waals surface area contributed by atoms with Gasteiger partial charge in [-0.1, -0.05) is 6.07 Å². The van der Waals surface area contributed by atoms with Gasteiger partial charge in [0.1, 0.15) is 22.8 Å². The molecule has 2 heterocycles. The third kappa shape index (κ3) is 2.83. The maximum atomic E-state index is 13.4. The second-order valence-electron chi connectivity index (χ2n) is 6.74. The van der Waals surface area contributed by atoms with Crippen LogP contribution in [-0.4, -0.2) is 61.2 Å². The minimum absolute atomic E-state index is 0.254. The van der Waals surface area contributed by atoms with E-state index in [2.05, 4.69) is 4.99 Å². The van der Waals surface area contributed by atoms with Crippen LogP contribution < -0.4 is 14.2 Å². The van der Waals surface area contributed by atoms with E-state index >= 15 is 0 Å². The van der Waals surface area contributed by atoms with E-state index in [4.69, 9.17) is 14.2 Å². The fraction of sp³-hybridized carbons (Fsp3) is 0.273. The summed E-state index contributed by atoms with van der Waals surface area (Å²) in [7, 11) is 4.64. The molecule has 1 atom stereocenters. The monoisotopic (exact) mass is 408 g/mol. The number of para-hydroxylation sites is 1. The van der Waals surface area contributed by atoms with Crippen molar-refractivity contribution < 1.29 is 28.4 Å². The molecule has 0 fully saturated rings. The predicted octanol–water partition coefficient (Wildman–Crippen LogP) is 3.16. The molecule has 0 aromatic heterocycles. The van der Waals surface area contributed by atoms with Crippen LogP contribution in [0.15, 0.2) is 41.4 Å². The van der Waals surface area contributed by atoms with Gasteiger partial charge < -0.3 is 14.2 Å². The topological polar surface area (TPSA) is 80.4 Å². The number of nitrogens with zero attached hydrogens (tertiary/aromatic N) is 3. The van der Waals surface area contributed by atoms with Crippen LogP contribution in [0.2, 0.25) is 0 Å². The van der Waals surface area contributed by atoms with Crippen LogP contribution in [0.25, 0.3) is 0 Å². The molecule has 0 saturated carbocycles. The number of amides is 3. The van der Waals surface area contributed by atoms with Gasteiger partial charge in [-0.2, -0.15) is 14.3 Å². The van der Waals surface area contributed by atoms with Gasteiger partial charge in [-0.3, -0.25) is 4.99 Å². The zero-order chi connectivity index (χ0) is 21.4. The number of fused-ring (bicyclic) bond motifs is 3. The lowest BCUT2D eigenvalue weighted by Gasteiger charge is -2.29. The highest BCUT2D eigenvalue weighted by Crippen LogP contribution is 2.39. The van der Waals surface area contributed by atoms with Gasteiger partial charge in [0.2, 0.25) is 0 Å². The Labute approximate surface area is 174 Å². The van der Waals surface area contributed by atoms with Crippen molar-refractivity contribution in [3.05, 3.63) is 42.0 Å². The third-order valence-corrected chi connectivity index (χ3v) is 5.28. The number of imide groups is 1. The van der Waals surface area contributed by atoms with Crippen molar-refractivity contribution in [1.29, 1.82) is 0 Å². The number of rotatable bonds is 5. The highest BCUT2D eigenvalue weighted by Gasteiger charge is 2.50. The summed E-state index contributed by atoms with van der Waals surface area (Å²) in [6, 6.07) is 10.2. The zero-order valence-corrected chi connectivity index (χ0v) is 17.2. The smallest absolute Gasteiger partial charge is 0.494 e. The summed E-state index contributed by atoms with van der Waals surface area (Å²) in [5, 5.41) is 0. The number of hydrogen-bond acceptors (Lipinski definition) is 6. The Morgan fingerprint density at radius 1 is 1.00 bits per heavy atom. The fourth-order valence-corrected chi connectivity index (χ4v) is 3.84. The number of aliphatic imine (C=N–C) groups is 1. The van der Waals surface area contributed by atoms with Crippen molar-refractivity contribution >= 4 is 35.2 Å². The number of carbonyl (C=O) groups excluding carboxylic acids is 2. The Balaban J connectivity index is 2.04. The Hall–Kier alpha value is -3.68. The van der Waals surface area contributed by atoms with Crippen LogP contribution in [0, 0.1) is 5.92 Å². The van der Waals surface area contributed by atoms with Crippen molar-refractivity contribution in [3.63, 3.8) is 0 Å². The van der Waals surface area contributed by atoms with Crippen molar-refractivity contribution in [2.45, 2.75) is 6.92 Å². The molecule has 2 aromatic rings. The van der Waals surface area contributed by atoms with Crippen molar-refractivity contribution in [1.82, 2.24) is 4.90 Å². The molecule has 154 valence electrons. The van der Waals surface area contributed by atoms with Crippen LogP contribution in [0.3, 0.4) is 0 Å². The van der Waals surface area contributed by atoms with E-state index in [1.54, 1.807) is 56.2 Å². The summed E-state index contributed by atoms with van der Waals surface area (Å²) >= 11 is 0. The molecule has 0 radical (unpaired) electrons. The largest absolute Gasteiger partial charge is 0.506 e. The summed E-state index contributed by atoms with van der Waals surface area (Å²) in [6.07, 6.45) is 1.57. The van der Waals surface area contributed by atoms with E-state index in [0.29, 0.717) is 39.9 Å². The number of carbonyl (C=O) groups is 2. The van der Waals surface area contributed by atoms with E-state index < -0.39 is 11.9 Å². The van der Waals surface area contributed by atoms with Crippen molar-refractivity contribution in [2.24, 2.45) is 10.9 Å². The first-order valence-electron chi connectivity index (χ1n) is 9.51. The highest BCUT2D eigenvalue weighted by molar-refractivity contribution is 6.28. The molecule has 30 heavy (non-hydrogen) atoms. The van der Waals surface area contributed by atoms with Gasteiger partial charge in [-0.25, -0.2) is 4.79 Å². The summed E-state index contributed by atoms with van der Waals surface area (Å²) in [5.74, 6) is 0.611. The molecular weight excluding hydrogens is 386 g/mol. The number of urea groups is 1. The molecule has 0 bridgehead atoms. The molecule has 0 spiro atoms. The van der Waals surface area contributed by atoms with Crippen LogP contribution in [-0.2, 0) is 4.79 Å². The van der Waals surface area contributed by atoms with E-state index in [-0.39, 0.29) is 12.5 Å². The second-order valence-corrected chi connectivity index (χ2v) is 6.74. The molecule has 3 amide bonds. The predicted molar refractivity (Wildman–Crippen MR) is 111 cm³/mol. The summed E-state index contributed by atoms with van der Waals surface area (Å²) in [4.78, 5) is 32.2. The summed E-state index contributed by atoms with van der Waals surface area (Å²) < 4.78 is 17.7. The number of ether oxygens (including phenoxy) is 3. The highest BCUT2D eigenvalue weighted by atomic mass is 16.5. The van der Waals surface area contributed by atoms with Crippen LogP contribution in [0.4, 0.5) is 16.2 Å². The SMILES string of the molecule is CCN1C(=O)C2C=Nc3c(OC)cccc3C2=[N+](c2ccc(OC)c(OC)c2)C1=O. The van der Waals surface area contributed by atoms with Crippen LogP contribution >= 0.6 is 0 Å². The molecule has 2 aromatic carbocycles. The Bertz CT molecular complexity index is 1110.